The SMILES string of the molecule is CCC1(C2CCN(Cc3cn(C)c4ccccc34)CC2)NC(=O)N(Cc2ccc3c(c2)OCO3)C1=O. The standard InChI is InChI=1S/C28H32N4O4/c1-3-28(26(33)32(27(34)29-28)15-19-8-9-24-25(14-19)36-18-35-24)21-10-12-31(13-11-21)17-20-16-30(2)23-7-5-4-6-22(20)23/h4-9,14,16,21H,3,10-13,15,17-18H2,1-2H3,(H,29,34). The summed E-state index contributed by atoms with van der Waals surface area (Å²) in [5.41, 5.74) is 2.59. The number of aromatic nitrogens is 1. The Labute approximate surface area is 210 Å². The minimum Gasteiger partial charge on any atom is -0.454 e. The lowest BCUT2D eigenvalue weighted by atomic mass is 9.75. The summed E-state index contributed by atoms with van der Waals surface area (Å²) >= 11 is 0. The molecule has 8 nitrogen and oxygen atoms in total. The molecule has 3 aliphatic rings. The van der Waals surface area contributed by atoms with Crippen LogP contribution in [-0.4, -0.2) is 51.7 Å². The number of nitrogens with zero attached hydrogens (tertiary/aromatic N) is 3. The third kappa shape index (κ3) is 3.71. The number of benzene rings is 2. The molecule has 1 aromatic heterocycles. The summed E-state index contributed by atoms with van der Waals surface area (Å²) < 4.78 is 13.0. The molecule has 188 valence electrons. The van der Waals surface area contributed by atoms with Crippen LogP contribution >= 0.6 is 0 Å². The predicted octanol–water partition coefficient (Wildman–Crippen LogP) is 4.02. The molecule has 0 spiro atoms. The van der Waals surface area contributed by atoms with Gasteiger partial charge in [0.1, 0.15) is 5.54 Å². The van der Waals surface area contributed by atoms with Crippen molar-refractivity contribution in [2.75, 3.05) is 19.9 Å². The van der Waals surface area contributed by atoms with E-state index in [0.717, 1.165) is 38.0 Å². The van der Waals surface area contributed by atoms with E-state index < -0.39 is 5.54 Å². The van der Waals surface area contributed by atoms with Crippen molar-refractivity contribution in [1.29, 1.82) is 0 Å². The highest BCUT2D eigenvalue weighted by Crippen LogP contribution is 2.38. The zero-order valence-electron chi connectivity index (χ0n) is 20.8. The van der Waals surface area contributed by atoms with Gasteiger partial charge >= 0.3 is 6.03 Å². The molecule has 2 aromatic carbocycles. The van der Waals surface area contributed by atoms with Crippen molar-refractivity contribution in [2.24, 2.45) is 13.0 Å². The van der Waals surface area contributed by atoms with Gasteiger partial charge in [0.25, 0.3) is 5.91 Å². The van der Waals surface area contributed by atoms with Crippen LogP contribution in [0.5, 0.6) is 11.5 Å². The average molecular weight is 489 g/mol. The van der Waals surface area contributed by atoms with Crippen LogP contribution in [0.1, 0.15) is 37.3 Å². The maximum atomic E-state index is 13.7. The van der Waals surface area contributed by atoms with Crippen LogP contribution in [0.25, 0.3) is 10.9 Å². The molecule has 8 heteroatoms. The Hall–Kier alpha value is -3.52. The van der Waals surface area contributed by atoms with E-state index in [1.807, 2.05) is 25.1 Å². The van der Waals surface area contributed by atoms with Crippen molar-refractivity contribution in [3.8, 4) is 11.5 Å². The summed E-state index contributed by atoms with van der Waals surface area (Å²) in [4.78, 5) is 30.5. The number of hydrogen-bond acceptors (Lipinski definition) is 5. The number of piperidine rings is 1. The fraction of sp³-hybridized carbons (Fsp3) is 0.429. The summed E-state index contributed by atoms with van der Waals surface area (Å²) in [6.45, 7) is 5.12. The highest BCUT2D eigenvalue weighted by Gasteiger charge is 2.54. The molecule has 2 fully saturated rings. The van der Waals surface area contributed by atoms with E-state index >= 15 is 0 Å². The van der Waals surface area contributed by atoms with Gasteiger partial charge in [0, 0.05) is 30.7 Å². The lowest BCUT2D eigenvalue weighted by Gasteiger charge is -2.40. The summed E-state index contributed by atoms with van der Waals surface area (Å²) in [5, 5.41) is 4.41. The number of imide groups is 1. The number of amides is 3. The first-order valence-electron chi connectivity index (χ1n) is 12.8. The third-order valence-electron chi connectivity index (χ3n) is 8.20. The lowest BCUT2D eigenvalue weighted by molar-refractivity contribution is -0.134. The summed E-state index contributed by atoms with van der Waals surface area (Å²) in [6, 6.07) is 13.8. The molecule has 0 radical (unpaired) electrons. The topological polar surface area (TPSA) is 76.0 Å². The van der Waals surface area contributed by atoms with E-state index in [2.05, 4.69) is 52.3 Å². The number of likely N-dealkylation sites (tertiary alicyclic amines) is 1. The van der Waals surface area contributed by atoms with Crippen LogP contribution in [0.15, 0.2) is 48.7 Å². The number of ether oxygens (including phenoxy) is 2. The number of rotatable bonds is 6. The van der Waals surface area contributed by atoms with Gasteiger partial charge in [0.15, 0.2) is 11.5 Å². The van der Waals surface area contributed by atoms with Crippen molar-refractivity contribution >= 4 is 22.8 Å². The van der Waals surface area contributed by atoms with Crippen molar-refractivity contribution in [2.45, 2.75) is 44.8 Å². The molecule has 0 saturated carbocycles. The minimum absolute atomic E-state index is 0.111. The zero-order chi connectivity index (χ0) is 24.9. The summed E-state index contributed by atoms with van der Waals surface area (Å²) in [5.74, 6) is 1.35. The minimum atomic E-state index is -0.834. The van der Waals surface area contributed by atoms with Gasteiger partial charge in [-0.1, -0.05) is 31.2 Å². The Bertz CT molecular complexity index is 1330. The number of carbonyl (C=O) groups excluding carboxylic acids is 2. The van der Waals surface area contributed by atoms with Gasteiger partial charge in [-0.3, -0.25) is 14.6 Å². The lowest BCUT2D eigenvalue weighted by Crippen LogP contribution is -2.55. The molecule has 3 amide bonds. The second-order valence-electron chi connectivity index (χ2n) is 10.2. The Balaban J connectivity index is 1.14. The molecule has 1 atom stereocenters. The van der Waals surface area contributed by atoms with Crippen LogP contribution < -0.4 is 14.8 Å². The van der Waals surface area contributed by atoms with Crippen LogP contribution in [-0.2, 0) is 24.9 Å². The van der Waals surface area contributed by atoms with Gasteiger partial charge in [-0.2, -0.15) is 0 Å². The van der Waals surface area contributed by atoms with E-state index in [4.69, 9.17) is 9.47 Å². The zero-order valence-corrected chi connectivity index (χ0v) is 20.8. The Morgan fingerprint density at radius 1 is 1.03 bits per heavy atom. The molecule has 1 unspecified atom stereocenters. The molecular weight excluding hydrogens is 456 g/mol. The van der Waals surface area contributed by atoms with Gasteiger partial charge in [-0.15, -0.1) is 0 Å². The monoisotopic (exact) mass is 488 g/mol. The number of hydrogen-bond donors (Lipinski definition) is 1. The first-order chi connectivity index (χ1) is 17.5. The van der Waals surface area contributed by atoms with Crippen molar-refractivity contribution in [1.82, 2.24) is 19.7 Å². The number of carbonyl (C=O) groups is 2. The number of aryl methyl sites for hydroxylation is 1. The number of urea groups is 1. The van der Waals surface area contributed by atoms with Crippen LogP contribution in [0.4, 0.5) is 4.79 Å². The van der Waals surface area contributed by atoms with Crippen LogP contribution in [0, 0.1) is 5.92 Å². The second-order valence-corrected chi connectivity index (χ2v) is 10.2. The number of para-hydroxylation sites is 1. The van der Waals surface area contributed by atoms with Gasteiger partial charge in [0.05, 0.1) is 6.54 Å². The van der Waals surface area contributed by atoms with E-state index in [1.54, 1.807) is 0 Å². The molecule has 2 saturated heterocycles. The first-order valence-corrected chi connectivity index (χ1v) is 12.8. The first kappa shape index (κ1) is 22.9. The Morgan fingerprint density at radius 3 is 2.61 bits per heavy atom. The molecule has 4 heterocycles. The second kappa shape index (κ2) is 8.85. The van der Waals surface area contributed by atoms with Gasteiger partial charge in [0.2, 0.25) is 6.79 Å². The molecule has 6 rings (SSSR count). The van der Waals surface area contributed by atoms with Crippen molar-refractivity contribution in [3.63, 3.8) is 0 Å². The van der Waals surface area contributed by atoms with Crippen molar-refractivity contribution < 1.29 is 19.1 Å². The molecular formula is C28H32N4O4. The fourth-order valence-electron chi connectivity index (χ4n) is 6.19. The summed E-state index contributed by atoms with van der Waals surface area (Å²) in [6.07, 6.45) is 4.56. The Kier molecular flexibility index (Phi) is 5.63. The molecule has 0 bridgehead atoms. The Morgan fingerprint density at radius 2 is 1.81 bits per heavy atom. The number of fused-ring (bicyclic) bond motifs is 2. The molecule has 1 N–H and O–H groups in total. The molecule has 3 aliphatic heterocycles. The average Bonchev–Trinajstić information content (AvgIpc) is 3.56. The van der Waals surface area contributed by atoms with Gasteiger partial charge < -0.3 is 19.4 Å². The quantitative estimate of drug-likeness (QED) is 0.531. The maximum absolute atomic E-state index is 13.7. The van der Waals surface area contributed by atoms with Gasteiger partial charge in [-0.25, -0.2) is 4.79 Å². The third-order valence-corrected chi connectivity index (χ3v) is 8.20. The molecule has 0 aliphatic carbocycles. The highest BCUT2D eigenvalue weighted by molar-refractivity contribution is 6.07. The largest absolute Gasteiger partial charge is 0.454 e. The van der Waals surface area contributed by atoms with E-state index in [0.29, 0.717) is 17.9 Å². The predicted molar refractivity (Wildman–Crippen MR) is 136 cm³/mol. The smallest absolute Gasteiger partial charge is 0.325 e. The van der Waals surface area contributed by atoms with E-state index in [-0.39, 0.29) is 31.2 Å². The molecule has 3 aromatic rings. The fourth-order valence-corrected chi connectivity index (χ4v) is 6.19. The van der Waals surface area contributed by atoms with Crippen LogP contribution in [0.2, 0.25) is 0 Å². The normalized spacial score (nSPS) is 22.6. The van der Waals surface area contributed by atoms with E-state index in [1.165, 1.54) is 21.4 Å². The highest BCUT2D eigenvalue weighted by atomic mass is 16.7. The summed E-state index contributed by atoms with van der Waals surface area (Å²) in [7, 11) is 2.09. The van der Waals surface area contributed by atoms with Gasteiger partial charge in [-0.05, 0) is 67.6 Å². The maximum Gasteiger partial charge on any atom is 0.325 e. The van der Waals surface area contributed by atoms with E-state index in [9.17, 15) is 9.59 Å². The number of nitrogens with one attached hydrogen (secondary N) is 1. The molecule has 36 heavy (non-hydrogen) atoms. The van der Waals surface area contributed by atoms with Crippen LogP contribution in [0.3, 0.4) is 0 Å². The van der Waals surface area contributed by atoms with Crippen molar-refractivity contribution in [3.05, 3.63) is 59.8 Å².